The molecule has 0 saturated carbocycles. The Morgan fingerprint density at radius 1 is 1.05 bits per heavy atom. The third-order valence-electron chi connectivity index (χ3n) is 5.55. The van der Waals surface area contributed by atoms with E-state index < -0.39 is 22.1 Å². The minimum atomic E-state index is -4.88. The summed E-state index contributed by atoms with van der Waals surface area (Å²) in [5.41, 5.74) is 1.26. The largest absolute Gasteiger partial charge is 0.573 e. The van der Waals surface area contributed by atoms with E-state index in [-0.39, 0.29) is 24.1 Å². The van der Waals surface area contributed by atoms with Crippen LogP contribution in [-0.2, 0) is 27.8 Å². The van der Waals surface area contributed by atoms with Crippen LogP contribution in [0.25, 0.3) is 0 Å². The zero-order valence-corrected chi connectivity index (χ0v) is 20.7. The molecule has 3 aromatic rings. The molecule has 0 radical (unpaired) electrons. The van der Waals surface area contributed by atoms with E-state index in [9.17, 15) is 21.6 Å². The Bertz CT molecular complexity index is 1280. The quantitative estimate of drug-likeness (QED) is 0.374. The first-order chi connectivity index (χ1) is 17.6. The van der Waals surface area contributed by atoms with Gasteiger partial charge in [0.25, 0.3) is 0 Å². The number of halogens is 3. The standard InChI is InChI=1S/C25H25F3N2O6S/c1-33-24-13-18(4-9-23(24)35-21-10-12-34-17-21)15-30(16-19-3-2-11-29-14-19)37(31,32)22-7-5-20(6-8-22)36-25(26,27)28/h2-9,11,13-14,21H,10,12,15-17H2,1H3/t21-/m1/s1. The number of nitrogens with zero attached hydrogens (tertiary/aromatic N) is 2. The zero-order chi connectivity index (χ0) is 26.5. The van der Waals surface area contributed by atoms with Crippen molar-refractivity contribution in [3.05, 3.63) is 78.1 Å². The van der Waals surface area contributed by atoms with Gasteiger partial charge in [-0.3, -0.25) is 4.98 Å². The maximum absolute atomic E-state index is 13.6. The molecule has 37 heavy (non-hydrogen) atoms. The molecule has 1 saturated heterocycles. The molecule has 1 fully saturated rings. The molecule has 1 aromatic heterocycles. The summed E-state index contributed by atoms with van der Waals surface area (Å²) in [6.07, 6.45) is -1.10. The van der Waals surface area contributed by atoms with Crippen LogP contribution in [0.15, 0.2) is 71.9 Å². The third-order valence-corrected chi connectivity index (χ3v) is 7.35. The highest BCUT2D eigenvalue weighted by Crippen LogP contribution is 2.32. The topological polar surface area (TPSA) is 87.2 Å². The lowest BCUT2D eigenvalue weighted by Gasteiger charge is -2.23. The summed E-state index contributed by atoms with van der Waals surface area (Å²) in [6, 6.07) is 12.6. The highest BCUT2D eigenvalue weighted by Gasteiger charge is 2.32. The summed E-state index contributed by atoms with van der Waals surface area (Å²) >= 11 is 0. The second-order valence-corrected chi connectivity index (χ2v) is 10.2. The van der Waals surface area contributed by atoms with Crippen molar-refractivity contribution in [2.45, 2.75) is 36.9 Å². The van der Waals surface area contributed by atoms with E-state index in [0.717, 1.165) is 30.7 Å². The molecule has 2 heterocycles. The van der Waals surface area contributed by atoms with Gasteiger partial charge in [-0.2, -0.15) is 4.31 Å². The lowest BCUT2D eigenvalue weighted by Crippen LogP contribution is -2.30. The van der Waals surface area contributed by atoms with Crippen LogP contribution in [0, 0.1) is 0 Å². The molecule has 0 spiro atoms. The van der Waals surface area contributed by atoms with E-state index in [4.69, 9.17) is 14.2 Å². The van der Waals surface area contributed by atoms with Crippen molar-refractivity contribution in [3.8, 4) is 17.2 Å². The van der Waals surface area contributed by atoms with Crippen molar-refractivity contribution in [3.63, 3.8) is 0 Å². The number of aromatic nitrogens is 1. The van der Waals surface area contributed by atoms with Crippen LogP contribution >= 0.6 is 0 Å². The van der Waals surface area contributed by atoms with Crippen LogP contribution < -0.4 is 14.2 Å². The molecule has 0 bridgehead atoms. The number of pyridine rings is 1. The Balaban J connectivity index is 1.60. The molecule has 0 aliphatic carbocycles. The first kappa shape index (κ1) is 26.7. The predicted octanol–water partition coefficient (Wildman–Crippen LogP) is 4.55. The fraction of sp³-hybridized carbons (Fsp3) is 0.320. The monoisotopic (exact) mass is 538 g/mol. The minimum Gasteiger partial charge on any atom is -0.493 e. The van der Waals surface area contributed by atoms with Gasteiger partial charge < -0.3 is 18.9 Å². The van der Waals surface area contributed by atoms with Gasteiger partial charge in [-0.05, 0) is 53.6 Å². The van der Waals surface area contributed by atoms with E-state index in [1.807, 2.05) is 0 Å². The molecule has 12 heteroatoms. The van der Waals surface area contributed by atoms with E-state index in [0.29, 0.717) is 35.8 Å². The van der Waals surface area contributed by atoms with Gasteiger partial charge in [0.05, 0.1) is 25.2 Å². The van der Waals surface area contributed by atoms with Crippen LogP contribution in [0.3, 0.4) is 0 Å². The molecule has 8 nitrogen and oxygen atoms in total. The highest BCUT2D eigenvalue weighted by molar-refractivity contribution is 7.89. The van der Waals surface area contributed by atoms with Gasteiger partial charge in [0, 0.05) is 31.9 Å². The summed E-state index contributed by atoms with van der Waals surface area (Å²) in [4.78, 5) is 3.86. The second-order valence-electron chi connectivity index (χ2n) is 8.24. The Labute approximate surface area is 212 Å². The van der Waals surface area contributed by atoms with Gasteiger partial charge in [0.1, 0.15) is 11.9 Å². The summed E-state index contributed by atoms with van der Waals surface area (Å²) in [7, 11) is -2.63. The lowest BCUT2D eigenvalue weighted by molar-refractivity contribution is -0.274. The molecule has 1 atom stereocenters. The molecular formula is C25H25F3N2O6S. The molecule has 0 unspecified atom stereocenters. The number of rotatable bonds is 10. The number of hydrogen-bond donors (Lipinski definition) is 0. The van der Waals surface area contributed by atoms with Crippen LogP contribution in [-0.4, -0.2) is 50.5 Å². The second kappa shape index (κ2) is 11.4. The maximum atomic E-state index is 13.6. The number of ether oxygens (including phenoxy) is 4. The van der Waals surface area contributed by atoms with Crippen LogP contribution in [0.1, 0.15) is 17.5 Å². The van der Waals surface area contributed by atoms with Crippen molar-refractivity contribution in [1.82, 2.24) is 9.29 Å². The summed E-state index contributed by atoms with van der Waals surface area (Å²) in [6.45, 7) is 1.04. The van der Waals surface area contributed by atoms with E-state index in [1.54, 1.807) is 42.7 Å². The smallest absolute Gasteiger partial charge is 0.493 e. The van der Waals surface area contributed by atoms with Crippen LogP contribution in [0.5, 0.6) is 17.2 Å². The van der Waals surface area contributed by atoms with Crippen molar-refractivity contribution in [2.75, 3.05) is 20.3 Å². The van der Waals surface area contributed by atoms with Gasteiger partial charge in [0.15, 0.2) is 11.5 Å². The normalized spacial score (nSPS) is 16.1. The van der Waals surface area contributed by atoms with Crippen molar-refractivity contribution in [2.24, 2.45) is 0 Å². The van der Waals surface area contributed by atoms with Gasteiger partial charge in [-0.1, -0.05) is 12.1 Å². The number of sulfonamides is 1. The van der Waals surface area contributed by atoms with Crippen molar-refractivity contribution < 1.29 is 40.5 Å². The lowest BCUT2D eigenvalue weighted by atomic mass is 10.2. The number of hydrogen-bond acceptors (Lipinski definition) is 7. The van der Waals surface area contributed by atoms with Gasteiger partial charge in [-0.25, -0.2) is 8.42 Å². The third kappa shape index (κ3) is 7.12. The number of alkyl halides is 3. The summed E-state index contributed by atoms with van der Waals surface area (Å²) in [5, 5.41) is 0. The molecular weight excluding hydrogens is 513 g/mol. The van der Waals surface area contributed by atoms with Gasteiger partial charge in [-0.15, -0.1) is 13.2 Å². The Hall–Kier alpha value is -3.35. The van der Waals surface area contributed by atoms with Gasteiger partial charge in [0.2, 0.25) is 10.0 Å². The van der Waals surface area contributed by atoms with Gasteiger partial charge >= 0.3 is 6.36 Å². The fourth-order valence-electron chi connectivity index (χ4n) is 3.78. The molecule has 4 rings (SSSR count). The molecule has 2 aromatic carbocycles. The molecule has 1 aliphatic rings. The first-order valence-corrected chi connectivity index (χ1v) is 12.7. The average molecular weight is 539 g/mol. The SMILES string of the molecule is COc1cc(CN(Cc2cccnc2)S(=O)(=O)c2ccc(OC(F)(F)F)cc2)ccc1O[C@@H]1CCOC1. The molecule has 1 aliphatic heterocycles. The average Bonchev–Trinajstić information content (AvgIpc) is 3.37. The summed E-state index contributed by atoms with van der Waals surface area (Å²) in [5.74, 6) is 0.443. The Morgan fingerprint density at radius 2 is 1.81 bits per heavy atom. The van der Waals surface area contributed by atoms with Crippen molar-refractivity contribution in [1.29, 1.82) is 0 Å². The zero-order valence-electron chi connectivity index (χ0n) is 19.8. The van der Waals surface area contributed by atoms with E-state index in [1.165, 1.54) is 11.4 Å². The minimum absolute atomic E-state index is 0.0169. The van der Waals surface area contributed by atoms with E-state index in [2.05, 4.69) is 9.72 Å². The number of methoxy groups -OCH3 is 1. The van der Waals surface area contributed by atoms with Crippen LogP contribution in [0.2, 0.25) is 0 Å². The summed E-state index contributed by atoms with van der Waals surface area (Å²) < 4.78 is 86.5. The molecule has 0 amide bonds. The highest BCUT2D eigenvalue weighted by atomic mass is 32.2. The first-order valence-electron chi connectivity index (χ1n) is 11.3. The van der Waals surface area contributed by atoms with Crippen molar-refractivity contribution >= 4 is 10.0 Å². The number of benzene rings is 2. The van der Waals surface area contributed by atoms with E-state index >= 15 is 0 Å². The maximum Gasteiger partial charge on any atom is 0.573 e. The molecule has 198 valence electrons. The predicted molar refractivity (Wildman–Crippen MR) is 127 cm³/mol. The molecule has 0 N–H and O–H groups in total. The Morgan fingerprint density at radius 3 is 2.43 bits per heavy atom. The van der Waals surface area contributed by atoms with Crippen LogP contribution in [0.4, 0.5) is 13.2 Å². The Kier molecular flexibility index (Phi) is 8.20. The fourth-order valence-corrected chi connectivity index (χ4v) is 5.20.